The molecular formula is C46H29NO. The molecular weight excluding hydrogens is 583 g/mol. The van der Waals surface area contributed by atoms with Crippen LogP contribution in [0.3, 0.4) is 0 Å². The number of anilines is 3. The summed E-state index contributed by atoms with van der Waals surface area (Å²) in [6.07, 6.45) is 0. The molecule has 0 saturated heterocycles. The molecule has 0 saturated carbocycles. The van der Waals surface area contributed by atoms with Crippen molar-refractivity contribution in [2.45, 2.75) is 0 Å². The van der Waals surface area contributed by atoms with E-state index in [1.807, 2.05) is 6.07 Å². The fraction of sp³-hybridized carbons (Fsp3) is 0. The zero-order valence-electron chi connectivity index (χ0n) is 26.1. The van der Waals surface area contributed by atoms with Gasteiger partial charge >= 0.3 is 0 Å². The highest BCUT2D eigenvalue weighted by molar-refractivity contribution is 6.23. The van der Waals surface area contributed by atoms with Crippen LogP contribution >= 0.6 is 0 Å². The lowest BCUT2D eigenvalue weighted by Crippen LogP contribution is -2.10. The molecule has 0 aliphatic rings. The van der Waals surface area contributed by atoms with Gasteiger partial charge in [0.15, 0.2) is 5.58 Å². The molecule has 2 heteroatoms. The third-order valence-electron chi connectivity index (χ3n) is 9.79. The van der Waals surface area contributed by atoms with E-state index in [4.69, 9.17) is 4.42 Å². The smallest absolute Gasteiger partial charge is 0.160 e. The Hall–Kier alpha value is -6.38. The van der Waals surface area contributed by atoms with Gasteiger partial charge in [0, 0.05) is 22.1 Å². The summed E-state index contributed by atoms with van der Waals surface area (Å²) in [6, 6.07) is 63.2. The van der Waals surface area contributed by atoms with E-state index < -0.39 is 0 Å². The van der Waals surface area contributed by atoms with Crippen molar-refractivity contribution in [2.24, 2.45) is 0 Å². The predicted octanol–water partition coefficient (Wildman–Crippen LogP) is 13.3. The average molecular weight is 612 g/mol. The van der Waals surface area contributed by atoms with Crippen LogP contribution in [-0.4, -0.2) is 0 Å². The van der Waals surface area contributed by atoms with Gasteiger partial charge in [-0.3, -0.25) is 0 Å². The van der Waals surface area contributed by atoms with Gasteiger partial charge in [-0.2, -0.15) is 0 Å². The minimum atomic E-state index is 0.886. The van der Waals surface area contributed by atoms with Crippen LogP contribution in [0, 0.1) is 0 Å². The Morgan fingerprint density at radius 2 is 0.917 bits per heavy atom. The summed E-state index contributed by atoms with van der Waals surface area (Å²) in [6.45, 7) is 0. The predicted molar refractivity (Wildman–Crippen MR) is 204 cm³/mol. The molecule has 48 heavy (non-hydrogen) atoms. The maximum Gasteiger partial charge on any atom is 0.160 e. The van der Waals surface area contributed by atoms with Gasteiger partial charge in [0.1, 0.15) is 5.58 Å². The quantitative estimate of drug-likeness (QED) is 0.184. The lowest BCUT2D eigenvalue weighted by molar-refractivity contribution is 0.669. The maximum atomic E-state index is 6.67. The largest absolute Gasteiger partial charge is 0.454 e. The summed E-state index contributed by atoms with van der Waals surface area (Å²) < 4.78 is 6.67. The Bertz CT molecular complexity index is 2830. The normalized spacial score (nSPS) is 11.8. The summed E-state index contributed by atoms with van der Waals surface area (Å²) >= 11 is 0. The van der Waals surface area contributed by atoms with E-state index in [-0.39, 0.29) is 0 Å². The van der Waals surface area contributed by atoms with Gasteiger partial charge in [-0.15, -0.1) is 0 Å². The van der Waals surface area contributed by atoms with Crippen molar-refractivity contribution in [1.29, 1.82) is 0 Å². The first-order valence-corrected chi connectivity index (χ1v) is 16.4. The van der Waals surface area contributed by atoms with Crippen LogP contribution in [0.1, 0.15) is 0 Å². The topological polar surface area (TPSA) is 16.4 Å². The molecule has 10 aromatic rings. The number of hydrogen-bond acceptors (Lipinski definition) is 2. The number of furan rings is 1. The highest BCUT2D eigenvalue weighted by atomic mass is 16.3. The summed E-state index contributed by atoms with van der Waals surface area (Å²) in [5.74, 6) is 0. The third-order valence-corrected chi connectivity index (χ3v) is 9.79. The minimum Gasteiger partial charge on any atom is -0.454 e. The van der Waals surface area contributed by atoms with Crippen molar-refractivity contribution in [3.63, 3.8) is 0 Å². The van der Waals surface area contributed by atoms with Crippen molar-refractivity contribution in [1.82, 2.24) is 0 Å². The number of rotatable bonds is 4. The lowest BCUT2D eigenvalue weighted by atomic mass is 9.94. The Balaban J connectivity index is 1.13. The van der Waals surface area contributed by atoms with E-state index in [9.17, 15) is 0 Å². The van der Waals surface area contributed by atoms with Crippen LogP contribution in [0.15, 0.2) is 180 Å². The minimum absolute atomic E-state index is 0.886. The van der Waals surface area contributed by atoms with Crippen molar-refractivity contribution in [3.8, 4) is 11.1 Å². The molecule has 10 rings (SSSR count). The van der Waals surface area contributed by atoms with Crippen LogP contribution in [0.4, 0.5) is 17.1 Å². The van der Waals surface area contributed by atoms with E-state index in [2.05, 4.69) is 175 Å². The van der Waals surface area contributed by atoms with Crippen LogP contribution in [0.5, 0.6) is 0 Å². The zero-order valence-corrected chi connectivity index (χ0v) is 26.1. The molecule has 0 radical (unpaired) electrons. The van der Waals surface area contributed by atoms with Crippen LogP contribution < -0.4 is 4.90 Å². The lowest BCUT2D eigenvalue weighted by Gasteiger charge is -2.26. The summed E-state index contributed by atoms with van der Waals surface area (Å²) in [5.41, 5.74) is 7.32. The fourth-order valence-electron chi connectivity index (χ4n) is 7.55. The molecule has 0 aliphatic heterocycles. The molecule has 0 unspecified atom stereocenters. The maximum absolute atomic E-state index is 6.67. The number of para-hydroxylation sites is 2. The number of nitrogens with zero attached hydrogens (tertiary/aromatic N) is 1. The molecule has 0 bridgehead atoms. The van der Waals surface area contributed by atoms with Crippen molar-refractivity contribution < 1.29 is 4.42 Å². The van der Waals surface area contributed by atoms with Crippen molar-refractivity contribution >= 4 is 82.1 Å². The Morgan fingerprint density at radius 3 is 1.73 bits per heavy atom. The number of fused-ring (bicyclic) bond motifs is 10. The van der Waals surface area contributed by atoms with E-state index in [0.717, 1.165) is 39.0 Å². The van der Waals surface area contributed by atoms with Gasteiger partial charge in [0.25, 0.3) is 0 Å². The average Bonchev–Trinajstić information content (AvgIpc) is 3.55. The molecule has 0 fully saturated rings. The van der Waals surface area contributed by atoms with Gasteiger partial charge in [0.2, 0.25) is 0 Å². The third kappa shape index (κ3) is 4.13. The molecule has 0 aliphatic carbocycles. The van der Waals surface area contributed by atoms with E-state index in [1.165, 1.54) is 54.2 Å². The highest BCUT2D eigenvalue weighted by Gasteiger charge is 2.21. The Morgan fingerprint density at radius 1 is 0.354 bits per heavy atom. The SMILES string of the molecule is c1ccc(N(c2ccc(-c3ccc4c(ccc5ccc6ccccc6c54)c3)cc2)c2cc3ccccc3c3c2oc2ccccc23)cc1. The van der Waals surface area contributed by atoms with Gasteiger partial charge in [0.05, 0.1) is 5.69 Å². The van der Waals surface area contributed by atoms with Gasteiger partial charge in [-0.05, 0) is 96.7 Å². The van der Waals surface area contributed by atoms with E-state index in [1.54, 1.807) is 0 Å². The highest BCUT2D eigenvalue weighted by Crippen LogP contribution is 2.45. The van der Waals surface area contributed by atoms with E-state index in [0.29, 0.717) is 0 Å². The second-order valence-corrected chi connectivity index (χ2v) is 12.5. The second-order valence-electron chi connectivity index (χ2n) is 12.5. The molecule has 1 heterocycles. The first kappa shape index (κ1) is 26.8. The molecule has 9 aromatic carbocycles. The zero-order chi connectivity index (χ0) is 31.6. The Kier molecular flexibility index (Phi) is 5.91. The van der Waals surface area contributed by atoms with Crippen LogP contribution in [0.25, 0.3) is 76.2 Å². The van der Waals surface area contributed by atoms with Crippen LogP contribution in [-0.2, 0) is 0 Å². The van der Waals surface area contributed by atoms with Gasteiger partial charge in [-0.25, -0.2) is 0 Å². The summed E-state index contributed by atoms with van der Waals surface area (Å²) in [4.78, 5) is 2.32. The second kappa shape index (κ2) is 10.6. The molecule has 0 N–H and O–H groups in total. The molecule has 2 nitrogen and oxygen atoms in total. The molecule has 0 amide bonds. The Labute approximate surface area is 277 Å². The van der Waals surface area contributed by atoms with Gasteiger partial charge < -0.3 is 9.32 Å². The van der Waals surface area contributed by atoms with Gasteiger partial charge in [-0.1, -0.05) is 133 Å². The summed E-state index contributed by atoms with van der Waals surface area (Å²) in [7, 11) is 0. The summed E-state index contributed by atoms with van der Waals surface area (Å²) in [5, 5.41) is 12.3. The van der Waals surface area contributed by atoms with Crippen molar-refractivity contribution in [2.75, 3.05) is 4.90 Å². The first-order chi connectivity index (χ1) is 23.8. The number of hydrogen-bond donors (Lipinski definition) is 0. The molecule has 0 atom stereocenters. The van der Waals surface area contributed by atoms with E-state index >= 15 is 0 Å². The van der Waals surface area contributed by atoms with Crippen molar-refractivity contribution in [3.05, 3.63) is 176 Å². The monoisotopic (exact) mass is 611 g/mol. The standard InChI is InChI=1S/C46H29NO/c1-2-12-36(13-3-1)47(42-29-34-11-5-7-15-39(34)45-41-16-8-9-17-43(41)48-46(42)45)37-25-22-30(23-26-37)33-24-27-40-35(28-33)21-20-32-19-18-31-10-4-6-14-38(31)44(32)40/h1-29H. The fourth-order valence-corrected chi connectivity index (χ4v) is 7.55. The molecule has 1 aromatic heterocycles. The molecule has 0 spiro atoms. The first-order valence-electron chi connectivity index (χ1n) is 16.4. The number of benzene rings is 9. The van der Waals surface area contributed by atoms with Crippen LogP contribution in [0.2, 0.25) is 0 Å². The molecule has 224 valence electrons.